The molecule has 2 rings (SSSR count). The predicted molar refractivity (Wildman–Crippen MR) is 48.2 cm³/mol. The van der Waals surface area contributed by atoms with E-state index in [1.165, 1.54) is 0 Å². The van der Waals surface area contributed by atoms with Gasteiger partial charge in [0.05, 0.1) is 17.0 Å². The van der Waals surface area contributed by atoms with Crippen LogP contribution in [0.2, 0.25) is 0 Å². The van der Waals surface area contributed by atoms with E-state index in [-0.39, 0.29) is 17.3 Å². The number of rotatable bonds is 0. The van der Waals surface area contributed by atoms with Crippen molar-refractivity contribution in [3.05, 3.63) is 0 Å². The van der Waals surface area contributed by atoms with Crippen LogP contribution in [0, 0.1) is 0 Å². The van der Waals surface area contributed by atoms with Gasteiger partial charge in [-0.25, -0.2) is 8.42 Å². The van der Waals surface area contributed by atoms with E-state index in [0.717, 1.165) is 0 Å². The van der Waals surface area contributed by atoms with E-state index in [1.54, 1.807) is 0 Å². The Balaban J connectivity index is 2.17. The third-order valence-electron chi connectivity index (χ3n) is 3.03. The minimum atomic E-state index is -2.86. The fourth-order valence-corrected chi connectivity index (χ4v) is 3.62. The number of nitrogens with one attached hydrogen (secondary N) is 1. The average molecular weight is 203 g/mol. The molecule has 0 saturated carbocycles. The molecule has 2 heterocycles. The number of hydrogen-bond donors (Lipinski definition) is 1. The fraction of sp³-hybridized carbons (Fsp3) is 0.875. The van der Waals surface area contributed by atoms with Crippen molar-refractivity contribution in [1.82, 2.24) is 5.32 Å². The Labute approximate surface area is 77.6 Å². The van der Waals surface area contributed by atoms with Gasteiger partial charge in [0.1, 0.15) is 9.84 Å². The number of carbonyl (C=O) groups excluding carboxylic acids is 1. The van der Waals surface area contributed by atoms with Gasteiger partial charge in [0.25, 0.3) is 0 Å². The van der Waals surface area contributed by atoms with Crippen molar-refractivity contribution in [1.29, 1.82) is 0 Å². The van der Waals surface area contributed by atoms with Crippen molar-refractivity contribution in [2.24, 2.45) is 0 Å². The van der Waals surface area contributed by atoms with Crippen LogP contribution in [-0.2, 0) is 14.6 Å². The first-order valence-electron chi connectivity index (χ1n) is 4.53. The second-order valence-electron chi connectivity index (χ2n) is 3.83. The van der Waals surface area contributed by atoms with Crippen LogP contribution in [0.5, 0.6) is 0 Å². The number of ketones is 1. The number of Topliss-reactive ketones (excluding diaryl/α,β-unsaturated/α-hetero) is 1. The second-order valence-corrected chi connectivity index (χ2v) is 6.14. The van der Waals surface area contributed by atoms with Crippen LogP contribution >= 0.6 is 0 Å². The zero-order valence-electron chi connectivity index (χ0n) is 7.38. The molecule has 13 heavy (non-hydrogen) atoms. The molecule has 74 valence electrons. The summed E-state index contributed by atoms with van der Waals surface area (Å²) in [6.45, 7) is 0.707. The number of sulfone groups is 1. The molecule has 0 aliphatic carbocycles. The Bertz CT molecular complexity index is 319. The van der Waals surface area contributed by atoms with Gasteiger partial charge in [-0.1, -0.05) is 0 Å². The topological polar surface area (TPSA) is 63.2 Å². The lowest BCUT2D eigenvalue weighted by Gasteiger charge is -2.31. The lowest BCUT2D eigenvalue weighted by atomic mass is 9.89. The Morgan fingerprint density at radius 3 is 2.31 bits per heavy atom. The maximum atomic E-state index is 11.5. The molecule has 5 heteroatoms. The summed E-state index contributed by atoms with van der Waals surface area (Å²) in [4.78, 5) is 11.5. The lowest BCUT2D eigenvalue weighted by molar-refractivity contribution is -0.122. The summed E-state index contributed by atoms with van der Waals surface area (Å²) in [7, 11) is -2.86. The molecule has 2 fully saturated rings. The molecule has 0 unspecified atom stereocenters. The summed E-state index contributed by atoms with van der Waals surface area (Å²) in [5.74, 6) is 0.514. The summed E-state index contributed by atoms with van der Waals surface area (Å²) < 4.78 is 22.3. The van der Waals surface area contributed by atoms with Crippen molar-refractivity contribution in [2.75, 3.05) is 18.1 Å². The molecule has 0 atom stereocenters. The van der Waals surface area contributed by atoms with Gasteiger partial charge >= 0.3 is 0 Å². The van der Waals surface area contributed by atoms with Crippen LogP contribution in [0.1, 0.15) is 19.3 Å². The predicted octanol–water partition coefficient (Wildman–Crippen LogP) is -0.504. The largest absolute Gasteiger partial charge is 0.304 e. The number of hydrogen-bond acceptors (Lipinski definition) is 4. The van der Waals surface area contributed by atoms with E-state index < -0.39 is 15.4 Å². The molecule has 0 amide bonds. The normalized spacial score (nSPS) is 30.9. The maximum absolute atomic E-state index is 11.5. The third kappa shape index (κ3) is 1.50. The summed E-state index contributed by atoms with van der Waals surface area (Å²) >= 11 is 0. The first kappa shape index (κ1) is 9.15. The molecule has 4 nitrogen and oxygen atoms in total. The highest BCUT2D eigenvalue weighted by molar-refractivity contribution is 7.91. The van der Waals surface area contributed by atoms with Gasteiger partial charge < -0.3 is 5.32 Å². The monoisotopic (exact) mass is 203 g/mol. The highest BCUT2D eigenvalue weighted by atomic mass is 32.2. The van der Waals surface area contributed by atoms with Crippen molar-refractivity contribution < 1.29 is 13.2 Å². The molecule has 0 radical (unpaired) electrons. The van der Waals surface area contributed by atoms with E-state index in [1.807, 2.05) is 0 Å². The maximum Gasteiger partial charge on any atom is 0.154 e. The van der Waals surface area contributed by atoms with Gasteiger partial charge in [-0.3, -0.25) is 4.79 Å². The number of carbonyl (C=O) groups is 1. The molecule has 0 bridgehead atoms. The third-order valence-corrected chi connectivity index (χ3v) is 4.68. The first-order valence-corrected chi connectivity index (χ1v) is 6.35. The van der Waals surface area contributed by atoms with Crippen molar-refractivity contribution in [2.45, 2.75) is 24.8 Å². The van der Waals surface area contributed by atoms with Crippen molar-refractivity contribution >= 4 is 15.6 Å². The zero-order valence-corrected chi connectivity index (χ0v) is 8.19. The first-order chi connectivity index (χ1) is 6.04. The van der Waals surface area contributed by atoms with Crippen LogP contribution in [0.25, 0.3) is 0 Å². The van der Waals surface area contributed by atoms with Crippen LogP contribution in [0.3, 0.4) is 0 Å². The van der Waals surface area contributed by atoms with Crippen molar-refractivity contribution in [3.8, 4) is 0 Å². The second kappa shape index (κ2) is 2.78. The molecule has 0 aromatic carbocycles. The Hall–Kier alpha value is -0.420. The lowest BCUT2D eigenvalue weighted by Crippen LogP contribution is -2.51. The van der Waals surface area contributed by atoms with E-state index in [2.05, 4.69) is 5.32 Å². The summed E-state index contributed by atoms with van der Waals surface area (Å²) in [6.07, 6.45) is 1.49. The molecule has 2 aliphatic rings. The highest BCUT2D eigenvalue weighted by Gasteiger charge is 2.45. The van der Waals surface area contributed by atoms with Gasteiger partial charge in [-0.15, -0.1) is 0 Å². The fourth-order valence-electron chi connectivity index (χ4n) is 2.10. The Kier molecular flexibility index (Phi) is 1.96. The SMILES string of the molecule is O=C1CCNC12CCS(=O)(=O)CC2. The minimum Gasteiger partial charge on any atom is -0.304 e. The van der Waals surface area contributed by atoms with Gasteiger partial charge in [0, 0.05) is 13.0 Å². The molecular weight excluding hydrogens is 190 g/mol. The Morgan fingerprint density at radius 2 is 1.85 bits per heavy atom. The smallest absolute Gasteiger partial charge is 0.154 e. The minimum absolute atomic E-state index is 0.158. The van der Waals surface area contributed by atoms with E-state index in [4.69, 9.17) is 0 Å². The van der Waals surface area contributed by atoms with Gasteiger partial charge in [0.15, 0.2) is 5.78 Å². The van der Waals surface area contributed by atoms with Gasteiger partial charge in [-0.05, 0) is 12.8 Å². The van der Waals surface area contributed by atoms with Crippen LogP contribution in [0.4, 0.5) is 0 Å². The standard InChI is InChI=1S/C8H13NO3S/c10-7-1-4-9-8(7)2-5-13(11,12)6-3-8/h9H,1-6H2. The zero-order chi connectivity index (χ0) is 9.53. The molecule has 1 N–H and O–H groups in total. The molecule has 1 spiro atoms. The van der Waals surface area contributed by atoms with Crippen LogP contribution in [0.15, 0.2) is 0 Å². The van der Waals surface area contributed by atoms with E-state index in [9.17, 15) is 13.2 Å². The summed E-state index contributed by atoms with van der Waals surface area (Å²) in [5, 5.41) is 3.15. The van der Waals surface area contributed by atoms with E-state index >= 15 is 0 Å². The highest BCUT2D eigenvalue weighted by Crippen LogP contribution is 2.28. The molecular formula is C8H13NO3S. The molecule has 0 aromatic rings. The van der Waals surface area contributed by atoms with Crippen LogP contribution in [-0.4, -0.2) is 37.8 Å². The average Bonchev–Trinajstić information content (AvgIpc) is 2.41. The molecule has 0 aromatic heterocycles. The Morgan fingerprint density at radius 1 is 1.23 bits per heavy atom. The molecule has 2 saturated heterocycles. The summed E-state index contributed by atoms with van der Waals surface area (Å²) in [5.41, 5.74) is -0.481. The summed E-state index contributed by atoms with van der Waals surface area (Å²) in [6, 6.07) is 0. The quantitative estimate of drug-likeness (QED) is 0.576. The van der Waals surface area contributed by atoms with Gasteiger partial charge in [-0.2, -0.15) is 0 Å². The van der Waals surface area contributed by atoms with Crippen molar-refractivity contribution in [3.63, 3.8) is 0 Å². The van der Waals surface area contributed by atoms with Crippen LogP contribution < -0.4 is 5.32 Å². The van der Waals surface area contributed by atoms with Gasteiger partial charge in [0.2, 0.25) is 0 Å². The van der Waals surface area contributed by atoms with E-state index in [0.29, 0.717) is 25.8 Å². The molecule has 2 aliphatic heterocycles.